The van der Waals surface area contributed by atoms with Gasteiger partial charge >= 0.3 is 0 Å². The zero-order valence-corrected chi connectivity index (χ0v) is 13.9. The number of benzene rings is 1. The lowest BCUT2D eigenvalue weighted by molar-refractivity contribution is 0.0786. The number of aromatic nitrogens is 3. The highest BCUT2D eigenvalue weighted by atomic mass is 16.2. The number of rotatable bonds is 3. The van der Waals surface area contributed by atoms with E-state index in [9.17, 15) is 4.79 Å². The van der Waals surface area contributed by atoms with Crippen LogP contribution in [0, 0.1) is 13.8 Å². The van der Waals surface area contributed by atoms with Crippen LogP contribution in [0.5, 0.6) is 0 Å². The quantitative estimate of drug-likeness (QED) is 0.801. The van der Waals surface area contributed by atoms with Crippen molar-refractivity contribution in [2.24, 2.45) is 0 Å². The maximum Gasteiger partial charge on any atom is 0.254 e. The summed E-state index contributed by atoms with van der Waals surface area (Å²) in [6.07, 6.45) is 3.26. The lowest BCUT2D eigenvalue weighted by atomic mass is 10.0. The van der Waals surface area contributed by atoms with Crippen molar-refractivity contribution in [3.05, 3.63) is 59.0 Å². The molecule has 6 heteroatoms. The van der Waals surface area contributed by atoms with Gasteiger partial charge in [-0.15, -0.1) is 0 Å². The number of fused-ring (bicyclic) bond motifs is 1. The molecular formula is C18H19N5O. The van der Waals surface area contributed by atoms with Gasteiger partial charge in [-0.05, 0) is 32.0 Å². The molecular weight excluding hydrogens is 302 g/mol. The Balaban J connectivity index is 1.95. The Bertz CT molecular complexity index is 905. The maximum absolute atomic E-state index is 12.9. The van der Waals surface area contributed by atoms with Gasteiger partial charge in [-0.2, -0.15) is 0 Å². The second-order valence-corrected chi connectivity index (χ2v) is 5.94. The van der Waals surface area contributed by atoms with E-state index in [1.54, 1.807) is 24.3 Å². The van der Waals surface area contributed by atoms with Gasteiger partial charge in [-0.1, -0.05) is 11.6 Å². The zero-order valence-electron chi connectivity index (χ0n) is 13.9. The van der Waals surface area contributed by atoms with Gasteiger partial charge in [0.05, 0.1) is 11.1 Å². The van der Waals surface area contributed by atoms with E-state index >= 15 is 0 Å². The van der Waals surface area contributed by atoms with Crippen molar-refractivity contribution in [1.82, 2.24) is 19.9 Å². The average molecular weight is 321 g/mol. The van der Waals surface area contributed by atoms with Gasteiger partial charge in [0.1, 0.15) is 0 Å². The predicted molar refractivity (Wildman–Crippen MR) is 93.5 cm³/mol. The first-order valence-corrected chi connectivity index (χ1v) is 7.64. The Morgan fingerprint density at radius 3 is 2.58 bits per heavy atom. The first-order valence-electron chi connectivity index (χ1n) is 7.64. The number of aryl methyl sites for hydroxylation is 2. The highest BCUT2D eigenvalue weighted by Crippen LogP contribution is 2.21. The zero-order chi connectivity index (χ0) is 17.3. The van der Waals surface area contributed by atoms with Crippen molar-refractivity contribution in [3.8, 4) is 0 Å². The highest BCUT2D eigenvalue weighted by Gasteiger charge is 2.17. The van der Waals surface area contributed by atoms with Crippen LogP contribution in [-0.2, 0) is 6.54 Å². The minimum absolute atomic E-state index is 0.0621. The average Bonchev–Trinajstić information content (AvgIpc) is 2.56. The number of nitrogen functional groups attached to an aromatic ring is 1. The molecule has 6 nitrogen and oxygen atoms in total. The normalized spacial score (nSPS) is 10.8. The summed E-state index contributed by atoms with van der Waals surface area (Å²) in [7, 11) is 1.76. The maximum atomic E-state index is 12.9. The van der Waals surface area contributed by atoms with Gasteiger partial charge in [0.25, 0.3) is 5.91 Å². The predicted octanol–water partition coefficient (Wildman–Crippen LogP) is 2.50. The Hall–Kier alpha value is -3.02. The summed E-state index contributed by atoms with van der Waals surface area (Å²) in [5.41, 5.74) is 9.71. The molecule has 1 amide bonds. The smallest absolute Gasteiger partial charge is 0.254 e. The van der Waals surface area contributed by atoms with Gasteiger partial charge in [0, 0.05) is 42.6 Å². The van der Waals surface area contributed by atoms with Crippen LogP contribution in [0.25, 0.3) is 10.9 Å². The van der Waals surface area contributed by atoms with Crippen molar-refractivity contribution >= 4 is 22.8 Å². The van der Waals surface area contributed by atoms with Crippen LogP contribution in [0.1, 0.15) is 27.2 Å². The number of nitrogens with zero attached hydrogens (tertiary/aromatic N) is 4. The summed E-state index contributed by atoms with van der Waals surface area (Å²) >= 11 is 0. The number of carbonyl (C=O) groups excluding carboxylic acids is 1. The Morgan fingerprint density at radius 1 is 1.17 bits per heavy atom. The molecule has 0 aliphatic heterocycles. The molecule has 0 spiro atoms. The van der Waals surface area contributed by atoms with E-state index in [1.807, 2.05) is 38.1 Å². The van der Waals surface area contributed by atoms with E-state index in [1.165, 1.54) is 0 Å². The molecule has 3 rings (SSSR count). The van der Waals surface area contributed by atoms with Crippen LogP contribution < -0.4 is 5.73 Å². The third-order valence-electron chi connectivity index (χ3n) is 3.81. The van der Waals surface area contributed by atoms with Crippen LogP contribution in [-0.4, -0.2) is 32.8 Å². The molecule has 3 aromatic rings. The van der Waals surface area contributed by atoms with Crippen molar-refractivity contribution in [2.45, 2.75) is 20.4 Å². The molecule has 0 saturated heterocycles. The van der Waals surface area contributed by atoms with Gasteiger partial charge in [-0.3, -0.25) is 9.78 Å². The topological polar surface area (TPSA) is 85.0 Å². The number of hydrogen-bond acceptors (Lipinski definition) is 5. The summed E-state index contributed by atoms with van der Waals surface area (Å²) in [5.74, 6) is 0.159. The molecule has 1 aromatic carbocycles. The Labute approximate surface area is 140 Å². The fourth-order valence-electron chi connectivity index (χ4n) is 2.65. The first kappa shape index (κ1) is 15.9. The summed E-state index contributed by atoms with van der Waals surface area (Å²) in [4.78, 5) is 27.0. The Morgan fingerprint density at radius 2 is 1.88 bits per heavy atom. The van der Waals surface area contributed by atoms with E-state index in [0.29, 0.717) is 12.1 Å². The molecule has 0 saturated carbocycles. The second kappa shape index (κ2) is 6.23. The molecule has 2 aromatic heterocycles. The van der Waals surface area contributed by atoms with Gasteiger partial charge in [-0.25, -0.2) is 9.97 Å². The van der Waals surface area contributed by atoms with Crippen LogP contribution in [0.15, 0.2) is 36.7 Å². The summed E-state index contributed by atoms with van der Waals surface area (Å²) in [5, 5.41) is 0.867. The van der Waals surface area contributed by atoms with Crippen molar-refractivity contribution in [1.29, 1.82) is 0 Å². The molecule has 0 bridgehead atoms. The van der Waals surface area contributed by atoms with Crippen molar-refractivity contribution < 1.29 is 4.79 Å². The van der Waals surface area contributed by atoms with Crippen LogP contribution in [0.2, 0.25) is 0 Å². The van der Waals surface area contributed by atoms with Gasteiger partial charge in [0.15, 0.2) is 0 Å². The van der Waals surface area contributed by atoms with Gasteiger partial charge in [0.2, 0.25) is 5.95 Å². The highest BCUT2D eigenvalue weighted by molar-refractivity contribution is 6.06. The minimum atomic E-state index is -0.0621. The molecule has 2 N–H and O–H groups in total. The number of carbonyl (C=O) groups is 1. The summed E-state index contributed by atoms with van der Waals surface area (Å²) in [6.45, 7) is 4.31. The van der Waals surface area contributed by atoms with Gasteiger partial charge < -0.3 is 10.6 Å². The fourth-order valence-corrected chi connectivity index (χ4v) is 2.65. The monoisotopic (exact) mass is 321 g/mol. The molecule has 24 heavy (non-hydrogen) atoms. The second-order valence-electron chi connectivity index (χ2n) is 5.94. The minimum Gasteiger partial charge on any atom is -0.368 e. The molecule has 0 atom stereocenters. The molecule has 0 aliphatic rings. The van der Waals surface area contributed by atoms with Crippen LogP contribution in [0.4, 0.5) is 5.95 Å². The molecule has 0 fully saturated rings. The number of pyridine rings is 1. The SMILES string of the molecule is Cc1ccc2nc(C)cc(C(=O)N(C)Cc3cnc(N)nc3)c2c1. The third-order valence-corrected chi connectivity index (χ3v) is 3.81. The van der Waals surface area contributed by atoms with Crippen LogP contribution in [0.3, 0.4) is 0 Å². The molecule has 0 aliphatic carbocycles. The molecule has 122 valence electrons. The van der Waals surface area contributed by atoms with E-state index < -0.39 is 0 Å². The van der Waals surface area contributed by atoms with Crippen LogP contribution >= 0.6 is 0 Å². The molecule has 2 heterocycles. The molecule has 0 unspecified atom stereocenters. The Kier molecular flexibility index (Phi) is 4.12. The van der Waals surface area contributed by atoms with Crippen molar-refractivity contribution in [3.63, 3.8) is 0 Å². The summed E-state index contributed by atoms with van der Waals surface area (Å²) < 4.78 is 0. The summed E-state index contributed by atoms with van der Waals surface area (Å²) in [6, 6.07) is 7.77. The van der Waals surface area contributed by atoms with Crippen molar-refractivity contribution in [2.75, 3.05) is 12.8 Å². The first-order chi connectivity index (χ1) is 11.4. The standard InChI is InChI=1S/C18H19N5O/c1-11-4-5-16-14(6-11)15(7-12(2)22-16)17(24)23(3)10-13-8-20-18(19)21-9-13/h4-9H,10H2,1-3H3,(H2,19,20,21). The van der Waals surface area contributed by atoms with E-state index in [4.69, 9.17) is 5.73 Å². The van der Waals surface area contributed by atoms with E-state index in [0.717, 1.165) is 27.7 Å². The van der Waals surface area contributed by atoms with E-state index in [2.05, 4.69) is 15.0 Å². The third kappa shape index (κ3) is 3.17. The number of hydrogen-bond donors (Lipinski definition) is 1. The lowest BCUT2D eigenvalue weighted by Crippen LogP contribution is -2.26. The number of amides is 1. The fraction of sp³-hybridized carbons (Fsp3) is 0.222. The lowest BCUT2D eigenvalue weighted by Gasteiger charge is -2.18. The molecule has 0 radical (unpaired) electrons. The van der Waals surface area contributed by atoms with E-state index in [-0.39, 0.29) is 11.9 Å². The number of anilines is 1. The number of nitrogens with two attached hydrogens (primary N) is 1. The largest absolute Gasteiger partial charge is 0.368 e.